The van der Waals surface area contributed by atoms with Crippen molar-refractivity contribution in [3.63, 3.8) is 0 Å². The van der Waals surface area contributed by atoms with Gasteiger partial charge in [0.05, 0.1) is 13.2 Å². The fraction of sp³-hybridized carbons (Fsp3) is 0.364. The highest BCUT2D eigenvalue weighted by molar-refractivity contribution is 5.52. The molecule has 0 spiro atoms. The van der Waals surface area contributed by atoms with Crippen molar-refractivity contribution >= 4 is 0 Å². The minimum atomic E-state index is 0.385. The number of benzene rings is 2. The van der Waals surface area contributed by atoms with Crippen LogP contribution in [0.3, 0.4) is 0 Å². The molecule has 1 atom stereocenters. The minimum absolute atomic E-state index is 0.385. The number of aromatic nitrogens is 2. The molecule has 27 heavy (non-hydrogen) atoms. The van der Waals surface area contributed by atoms with Gasteiger partial charge in [-0.1, -0.05) is 29.8 Å². The van der Waals surface area contributed by atoms with Crippen molar-refractivity contribution in [2.45, 2.75) is 39.3 Å². The summed E-state index contributed by atoms with van der Waals surface area (Å²) in [5.41, 5.74) is 3.49. The summed E-state index contributed by atoms with van der Waals surface area (Å²) in [6, 6.07) is 17.0. The van der Waals surface area contributed by atoms with Crippen LogP contribution >= 0.6 is 0 Å². The van der Waals surface area contributed by atoms with Crippen molar-refractivity contribution < 1.29 is 9.15 Å². The molecule has 1 fully saturated rings. The lowest BCUT2D eigenvalue weighted by atomic mass is 10.0. The Morgan fingerprint density at radius 1 is 1.07 bits per heavy atom. The van der Waals surface area contributed by atoms with E-state index >= 15 is 0 Å². The summed E-state index contributed by atoms with van der Waals surface area (Å²) in [7, 11) is 0. The van der Waals surface area contributed by atoms with Crippen LogP contribution < -0.4 is 4.74 Å². The van der Waals surface area contributed by atoms with Gasteiger partial charge < -0.3 is 9.15 Å². The van der Waals surface area contributed by atoms with Gasteiger partial charge in [0.1, 0.15) is 5.75 Å². The fourth-order valence-corrected chi connectivity index (χ4v) is 3.65. The maximum Gasteiger partial charge on any atom is 0.247 e. The van der Waals surface area contributed by atoms with Gasteiger partial charge in [0, 0.05) is 11.6 Å². The van der Waals surface area contributed by atoms with E-state index in [4.69, 9.17) is 9.15 Å². The van der Waals surface area contributed by atoms with Crippen LogP contribution in [0.1, 0.15) is 42.8 Å². The molecule has 1 aliphatic rings. The molecule has 1 aliphatic heterocycles. The first-order valence-electron chi connectivity index (χ1n) is 9.59. The summed E-state index contributed by atoms with van der Waals surface area (Å²) < 4.78 is 11.5. The smallest absolute Gasteiger partial charge is 0.247 e. The standard InChI is InChI=1S/C22H25N3O2/c1-3-26-19-12-10-17(11-13-19)20-5-4-14-25(20)15-21-23-24-22(27-21)18-8-6-16(2)7-9-18/h6-13,20H,3-5,14-15H2,1-2H3. The Balaban J connectivity index is 1.46. The number of likely N-dealkylation sites (tertiary alicyclic amines) is 1. The zero-order valence-electron chi connectivity index (χ0n) is 15.9. The fourth-order valence-electron chi connectivity index (χ4n) is 3.65. The summed E-state index contributed by atoms with van der Waals surface area (Å²) >= 11 is 0. The molecule has 2 aromatic carbocycles. The molecule has 0 aliphatic carbocycles. The molecule has 0 radical (unpaired) electrons. The van der Waals surface area contributed by atoms with Crippen molar-refractivity contribution in [1.82, 2.24) is 15.1 Å². The second-order valence-electron chi connectivity index (χ2n) is 7.00. The number of rotatable bonds is 6. The zero-order chi connectivity index (χ0) is 18.6. The quantitative estimate of drug-likeness (QED) is 0.631. The Morgan fingerprint density at radius 3 is 2.59 bits per heavy atom. The molecule has 0 bridgehead atoms. The average molecular weight is 363 g/mol. The Labute approximate surface area is 160 Å². The molecule has 1 aromatic heterocycles. The van der Waals surface area contributed by atoms with Crippen LogP contribution in [0.25, 0.3) is 11.5 Å². The number of aryl methyl sites for hydroxylation is 1. The first-order chi connectivity index (χ1) is 13.2. The number of ether oxygens (including phenoxy) is 1. The third kappa shape index (κ3) is 4.03. The lowest BCUT2D eigenvalue weighted by molar-refractivity contribution is 0.224. The van der Waals surface area contributed by atoms with Crippen molar-refractivity contribution in [2.75, 3.05) is 13.2 Å². The number of nitrogens with zero attached hydrogens (tertiary/aromatic N) is 3. The molecule has 3 aromatic rings. The van der Waals surface area contributed by atoms with Crippen LogP contribution in [-0.4, -0.2) is 28.2 Å². The van der Waals surface area contributed by atoms with Crippen LogP contribution in [0, 0.1) is 6.92 Å². The molecule has 0 amide bonds. The maximum atomic E-state index is 5.92. The van der Waals surface area contributed by atoms with Crippen LogP contribution in [0.2, 0.25) is 0 Å². The molecule has 0 saturated carbocycles. The molecular formula is C22H25N3O2. The van der Waals surface area contributed by atoms with E-state index in [1.165, 1.54) is 17.5 Å². The number of hydrogen-bond acceptors (Lipinski definition) is 5. The van der Waals surface area contributed by atoms with Gasteiger partial charge in [-0.3, -0.25) is 4.90 Å². The monoisotopic (exact) mass is 363 g/mol. The first kappa shape index (κ1) is 17.7. The van der Waals surface area contributed by atoms with E-state index in [1.54, 1.807) is 0 Å². The van der Waals surface area contributed by atoms with E-state index in [2.05, 4.69) is 58.4 Å². The summed E-state index contributed by atoms with van der Waals surface area (Å²) in [6.07, 6.45) is 2.32. The van der Waals surface area contributed by atoms with Gasteiger partial charge in [0.2, 0.25) is 11.8 Å². The Morgan fingerprint density at radius 2 is 1.85 bits per heavy atom. The van der Waals surface area contributed by atoms with Gasteiger partial charge in [0.25, 0.3) is 0 Å². The molecule has 0 N–H and O–H groups in total. The molecule has 140 valence electrons. The summed E-state index contributed by atoms with van der Waals surface area (Å²) in [5.74, 6) is 2.18. The molecule has 5 nitrogen and oxygen atoms in total. The molecule has 1 saturated heterocycles. The van der Waals surface area contributed by atoms with E-state index in [-0.39, 0.29) is 0 Å². The average Bonchev–Trinajstić information content (AvgIpc) is 3.34. The largest absolute Gasteiger partial charge is 0.494 e. The zero-order valence-corrected chi connectivity index (χ0v) is 15.9. The van der Waals surface area contributed by atoms with Crippen molar-refractivity contribution in [3.05, 3.63) is 65.5 Å². The minimum Gasteiger partial charge on any atom is -0.494 e. The van der Waals surface area contributed by atoms with Crippen LogP contribution in [0.4, 0.5) is 0 Å². The van der Waals surface area contributed by atoms with Gasteiger partial charge in [-0.05, 0) is 63.1 Å². The lowest BCUT2D eigenvalue weighted by Gasteiger charge is -2.23. The van der Waals surface area contributed by atoms with E-state index in [1.807, 2.05) is 19.1 Å². The highest BCUT2D eigenvalue weighted by Crippen LogP contribution is 2.34. The van der Waals surface area contributed by atoms with E-state index in [0.717, 1.165) is 24.3 Å². The number of hydrogen-bond donors (Lipinski definition) is 0. The predicted molar refractivity (Wildman–Crippen MR) is 104 cm³/mol. The van der Waals surface area contributed by atoms with E-state index < -0.39 is 0 Å². The summed E-state index contributed by atoms with van der Waals surface area (Å²) in [6.45, 7) is 6.48. The van der Waals surface area contributed by atoms with Crippen LogP contribution in [0.5, 0.6) is 5.75 Å². The van der Waals surface area contributed by atoms with Crippen molar-refractivity contribution in [1.29, 1.82) is 0 Å². The maximum absolute atomic E-state index is 5.92. The van der Waals surface area contributed by atoms with E-state index in [0.29, 0.717) is 31.0 Å². The van der Waals surface area contributed by atoms with Crippen LogP contribution in [-0.2, 0) is 6.54 Å². The van der Waals surface area contributed by atoms with Gasteiger partial charge in [-0.25, -0.2) is 0 Å². The molecule has 4 rings (SSSR count). The third-order valence-corrected chi connectivity index (χ3v) is 5.04. The van der Waals surface area contributed by atoms with E-state index in [9.17, 15) is 0 Å². The second kappa shape index (κ2) is 7.92. The topological polar surface area (TPSA) is 51.4 Å². The van der Waals surface area contributed by atoms with Crippen molar-refractivity contribution in [2.24, 2.45) is 0 Å². The predicted octanol–water partition coefficient (Wildman–Crippen LogP) is 4.78. The summed E-state index contributed by atoms with van der Waals surface area (Å²) in [4.78, 5) is 2.42. The molecular weight excluding hydrogens is 338 g/mol. The molecule has 1 unspecified atom stereocenters. The normalized spacial score (nSPS) is 17.3. The van der Waals surface area contributed by atoms with Gasteiger partial charge in [-0.2, -0.15) is 0 Å². The molecule has 5 heteroatoms. The third-order valence-electron chi connectivity index (χ3n) is 5.04. The van der Waals surface area contributed by atoms with Gasteiger partial charge in [0.15, 0.2) is 0 Å². The second-order valence-corrected chi connectivity index (χ2v) is 7.00. The van der Waals surface area contributed by atoms with Gasteiger partial charge >= 0.3 is 0 Å². The van der Waals surface area contributed by atoms with Crippen molar-refractivity contribution in [3.8, 4) is 17.2 Å². The highest BCUT2D eigenvalue weighted by atomic mass is 16.5. The Kier molecular flexibility index (Phi) is 5.21. The Hall–Kier alpha value is -2.66. The Bertz CT molecular complexity index is 871. The first-order valence-corrected chi connectivity index (χ1v) is 9.59. The highest BCUT2D eigenvalue weighted by Gasteiger charge is 2.27. The van der Waals surface area contributed by atoms with Gasteiger partial charge in [-0.15, -0.1) is 10.2 Å². The van der Waals surface area contributed by atoms with Crippen LogP contribution in [0.15, 0.2) is 52.9 Å². The summed E-state index contributed by atoms with van der Waals surface area (Å²) in [5, 5.41) is 8.49. The molecule has 2 heterocycles. The SMILES string of the molecule is CCOc1ccc(C2CCCN2Cc2nnc(-c3ccc(C)cc3)o2)cc1. The lowest BCUT2D eigenvalue weighted by Crippen LogP contribution is -2.22.